The van der Waals surface area contributed by atoms with Gasteiger partial charge in [0.1, 0.15) is 44.1 Å². The monoisotopic (exact) mass is 978 g/mol. The van der Waals surface area contributed by atoms with E-state index in [1.54, 1.807) is 13.1 Å². The summed E-state index contributed by atoms with van der Waals surface area (Å²) in [5.74, 6) is -2.68. The molecule has 4 aromatic rings. The fraction of sp³-hybridized carbons (Fsp3) is 0.527. The van der Waals surface area contributed by atoms with Gasteiger partial charge in [-0.2, -0.15) is 15.4 Å². The van der Waals surface area contributed by atoms with Gasteiger partial charge in [0, 0.05) is 37.2 Å². The summed E-state index contributed by atoms with van der Waals surface area (Å²) >= 11 is 0. The Kier molecular flexibility index (Phi) is 19.4. The highest BCUT2D eigenvalue weighted by Crippen LogP contribution is 2.35. The number of hydrogen-bond acceptors (Lipinski definition) is 12. The number of rotatable bonds is 28. The van der Waals surface area contributed by atoms with Crippen LogP contribution in [0.25, 0.3) is 0 Å². The van der Waals surface area contributed by atoms with E-state index in [2.05, 4.69) is 26.0 Å². The number of benzene rings is 3. The molecule has 5 atom stereocenters. The van der Waals surface area contributed by atoms with Crippen LogP contribution in [0.1, 0.15) is 102 Å². The van der Waals surface area contributed by atoms with Gasteiger partial charge in [-0.15, -0.1) is 0 Å². The van der Waals surface area contributed by atoms with Gasteiger partial charge in [0.2, 0.25) is 11.8 Å². The quantitative estimate of drug-likeness (QED) is 0.0244. The van der Waals surface area contributed by atoms with E-state index < -0.39 is 47.3 Å². The van der Waals surface area contributed by atoms with Gasteiger partial charge in [0.25, 0.3) is 0 Å². The summed E-state index contributed by atoms with van der Waals surface area (Å²) in [6.45, 7) is 15.7. The van der Waals surface area contributed by atoms with Crippen LogP contribution in [0.3, 0.4) is 0 Å². The molecule has 2 saturated heterocycles. The largest absolute Gasteiger partial charge is 0.483 e. The summed E-state index contributed by atoms with van der Waals surface area (Å²) in [6, 6.07) is 21.3. The second-order valence-corrected chi connectivity index (χ2v) is 20.6. The zero-order chi connectivity index (χ0) is 51.1. The SMILES string of the molecule is CC(=O)Oc1c(C)cc(C[N+]2(CC(=O)C[C@@H](CCc3ccccc3)C(=O)N[C@@H](CC(C)C)C(=O)C[C@@H](Cc3ccccc3)C(=O)N[C@@H](CC(C)C)C(=O)[C@@]3(C)CO3)CCOCC2)cc1OCc1cn[nH]n1. The third-order valence-corrected chi connectivity index (χ3v) is 13.3. The first-order valence-electron chi connectivity index (χ1n) is 25.0. The third-order valence-electron chi connectivity index (χ3n) is 13.3. The number of carbonyl (C=O) groups is 6. The van der Waals surface area contributed by atoms with E-state index in [0.717, 1.165) is 16.7 Å². The van der Waals surface area contributed by atoms with E-state index in [1.807, 2.05) is 107 Å². The lowest BCUT2D eigenvalue weighted by atomic mass is 9.87. The van der Waals surface area contributed by atoms with E-state index in [-0.39, 0.29) is 61.6 Å². The van der Waals surface area contributed by atoms with Gasteiger partial charge >= 0.3 is 5.97 Å². The van der Waals surface area contributed by atoms with Gasteiger partial charge in [-0.1, -0.05) is 88.4 Å². The van der Waals surface area contributed by atoms with Crippen molar-refractivity contribution in [3.63, 3.8) is 0 Å². The molecule has 0 radical (unpaired) electrons. The Hall–Kier alpha value is -6.10. The van der Waals surface area contributed by atoms with E-state index in [4.69, 9.17) is 18.9 Å². The molecular weight excluding hydrogens is 905 g/mol. The number of nitrogens with one attached hydrogen (secondary N) is 3. The van der Waals surface area contributed by atoms with Crippen LogP contribution in [-0.2, 0) is 64.2 Å². The molecule has 0 bridgehead atoms. The zero-order valence-electron chi connectivity index (χ0n) is 42.5. The van der Waals surface area contributed by atoms with Crippen molar-refractivity contribution in [2.75, 3.05) is 39.5 Å². The number of ketones is 3. The summed E-state index contributed by atoms with van der Waals surface area (Å²) in [4.78, 5) is 83.8. The van der Waals surface area contributed by atoms with Crippen LogP contribution in [0.2, 0.25) is 0 Å². The van der Waals surface area contributed by atoms with Gasteiger partial charge in [-0.3, -0.25) is 28.8 Å². The fourth-order valence-electron chi connectivity index (χ4n) is 9.43. The second-order valence-electron chi connectivity index (χ2n) is 20.6. The average molecular weight is 978 g/mol. The lowest BCUT2D eigenvalue weighted by Crippen LogP contribution is -2.57. The number of morpholine rings is 1. The molecule has 1 aromatic heterocycles. The highest BCUT2D eigenvalue weighted by Gasteiger charge is 2.50. The highest BCUT2D eigenvalue weighted by molar-refractivity contribution is 5.98. The van der Waals surface area contributed by atoms with E-state index >= 15 is 0 Å². The third kappa shape index (κ3) is 16.5. The van der Waals surface area contributed by atoms with Gasteiger partial charge in [0.15, 0.2) is 28.8 Å². The molecule has 0 aliphatic carbocycles. The maximum Gasteiger partial charge on any atom is 0.308 e. The number of Topliss-reactive ketones (excluding diaryl/α,β-unsaturated/α-hetero) is 3. The van der Waals surface area contributed by atoms with Crippen LogP contribution in [0.15, 0.2) is 79.0 Å². The number of aromatic nitrogens is 3. The van der Waals surface area contributed by atoms with Gasteiger partial charge < -0.3 is 34.1 Å². The van der Waals surface area contributed by atoms with Crippen molar-refractivity contribution in [2.24, 2.45) is 23.7 Å². The second kappa shape index (κ2) is 25.3. The lowest BCUT2D eigenvalue weighted by Gasteiger charge is -2.41. The summed E-state index contributed by atoms with van der Waals surface area (Å²) in [6.07, 6.45) is 3.23. The highest BCUT2D eigenvalue weighted by atomic mass is 16.6. The van der Waals surface area contributed by atoms with Crippen LogP contribution in [0.5, 0.6) is 11.5 Å². The molecule has 2 aliphatic rings. The molecule has 382 valence electrons. The molecular formula is C55H73N6O10+. The lowest BCUT2D eigenvalue weighted by molar-refractivity contribution is -0.940. The van der Waals surface area contributed by atoms with Crippen molar-refractivity contribution < 1.29 is 52.2 Å². The molecule has 16 heteroatoms. The first-order valence-corrected chi connectivity index (χ1v) is 25.0. The molecule has 71 heavy (non-hydrogen) atoms. The minimum Gasteiger partial charge on any atom is -0.483 e. The van der Waals surface area contributed by atoms with Crippen molar-refractivity contribution in [3.8, 4) is 11.5 Å². The topological polar surface area (TPSA) is 208 Å². The van der Waals surface area contributed by atoms with Crippen LogP contribution < -0.4 is 20.1 Å². The number of aromatic amines is 1. The number of esters is 1. The molecule has 16 nitrogen and oxygen atoms in total. The predicted molar refractivity (Wildman–Crippen MR) is 266 cm³/mol. The zero-order valence-corrected chi connectivity index (χ0v) is 42.5. The average Bonchev–Trinajstić information content (AvgIpc) is 3.85. The van der Waals surface area contributed by atoms with Crippen molar-refractivity contribution in [3.05, 3.63) is 107 Å². The first-order chi connectivity index (χ1) is 33.9. The molecule has 3 aromatic carbocycles. The smallest absolute Gasteiger partial charge is 0.308 e. The molecule has 0 unspecified atom stereocenters. The predicted octanol–water partition coefficient (Wildman–Crippen LogP) is 6.41. The number of nitrogens with zero attached hydrogens (tertiary/aromatic N) is 3. The molecule has 6 rings (SSSR count). The minimum absolute atomic E-state index is 0.00742. The van der Waals surface area contributed by atoms with E-state index in [0.29, 0.717) is 92.4 Å². The molecule has 3 heterocycles. The number of aryl methyl sites for hydroxylation is 2. The van der Waals surface area contributed by atoms with Crippen molar-refractivity contribution in [2.45, 2.75) is 124 Å². The number of carbonyl (C=O) groups excluding carboxylic acids is 6. The summed E-state index contributed by atoms with van der Waals surface area (Å²) < 4.78 is 23.4. The van der Waals surface area contributed by atoms with Crippen LogP contribution in [0, 0.1) is 30.6 Å². The summed E-state index contributed by atoms with van der Waals surface area (Å²) in [7, 11) is 0. The Morgan fingerprint density at radius 1 is 0.817 bits per heavy atom. The number of H-pyrrole nitrogens is 1. The number of ether oxygens (including phenoxy) is 4. The van der Waals surface area contributed by atoms with Crippen LogP contribution in [0.4, 0.5) is 0 Å². The molecule has 2 aliphatic heterocycles. The minimum atomic E-state index is -0.939. The van der Waals surface area contributed by atoms with E-state index in [1.165, 1.54) is 6.92 Å². The number of quaternary nitrogens is 1. The molecule has 3 N–H and O–H groups in total. The van der Waals surface area contributed by atoms with Gasteiger partial charge in [-0.25, -0.2) is 0 Å². The molecule has 0 spiro atoms. The maximum absolute atomic E-state index is 14.7. The first kappa shape index (κ1) is 54.2. The number of hydrogen-bond donors (Lipinski definition) is 3. The Morgan fingerprint density at radius 3 is 2.04 bits per heavy atom. The van der Waals surface area contributed by atoms with Crippen molar-refractivity contribution in [1.82, 2.24) is 26.0 Å². The Labute approximate surface area is 417 Å². The molecule has 2 fully saturated rings. The van der Waals surface area contributed by atoms with Crippen molar-refractivity contribution >= 4 is 35.1 Å². The normalized spacial score (nSPS) is 17.9. The van der Waals surface area contributed by atoms with Gasteiger partial charge in [-0.05, 0) is 86.6 Å². The standard InChI is InChI=1S/C55H72N6O10/c1-36(2)24-47(49(64)30-44(27-41-16-12-9-13-17-41)54(67)58-48(25-37(3)4)52(65)55(7)35-70-55)57-53(66)43(19-18-40-14-10-8-11-15-40)29-46(63)33-61(20-22-68-23-21-61)32-42-26-38(5)51(71-39(6)62)50(28-42)69-34-45-31-56-60-59-45/h8-17,26,28,31,36-37,43-44,47-48H,18-25,27,29-30,32-35H2,1-7H3,(H2-,56,57,58,59,60,66,67)/p+1/t43-,44-,47+,48+,55-/m1/s1. The number of amides is 2. The number of epoxide rings is 1. The Bertz CT molecular complexity index is 2420. The van der Waals surface area contributed by atoms with Gasteiger partial charge in [0.05, 0.1) is 38.1 Å². The Balaban J connectivity index is 1.22. The maximum atomic E-state index is 14.7. The fourth-order valence-corrected chi connectivity index (χ4v) is 9.43. The van der Waals surface area contributed by atoms with E-state index in [9.17, 15) is 28.8 Å². The molecule has 2 amide bonds. The Morgan fingerprint density at radius 2 is 1.44 bits per heavy atom. The molecule has 0 saturated carbocycles. The van der Waals surface area contributed by atoms with Crippen molar-refractivity contribution in [1.29, 1.82) is 0 Å². The summed E-state index contributed by atoms with van der Waals surface area (Å²) in [5, 5.41) is 16.6. The van der Waals surface area contributed by atoms with Crippen LogP contribution in [-0.4, -0.2) is 112 Å². The van der Waals surface area contributed by atoms with Crippen LogP contribution >= 0.6 is 0 Å². The summed E-state index contributed by atoms with van der Waals surface area (Å²) in [5.41, 5.74) is 3.05.